The quantitative estimate of drug-likeness (QED) is 0.0584. The first-order chi connectivity index (χ1) is 48.6. The lowest BCUT2D eigenvalue weighted by Gasteiger charge is -2.51. The van der Waals surface area contributed by atoms with Gasteiger partial charge in [0.25, 0.3) is 0 Å². The van der Waals surface area contributed by atoms with E-state index in [0.717, 1.165) is 111 Å². The Morgan fingerprint density at radius 3 is 0.558 bits per heavy atom. The summed E-state index contributed by atoms with van der Waals surface area (Å²) in [6, 6.07) is 0. The van der Waals surface area contributed by atoms with Crippen molar-refractivity contribution in [3.63, 3.8) is 0 Å². The summed E-state index contributed by atoms with van der Waals surface area (Å²) in [6.45, 7) is 9.94. The minimum atomic E-state index is -2.33. The summed E-state index contributed by atoms with van der Waals surface area (Å²) in [6.07, 6.45) is -51.3. The van der Waals surface area contributed by atoms with E-state index < -0.39 is 282 Å². The van der Waals surface area contributed by atoms with Crippen LogP contribution in [0.15, 0.2) is 0 Å². The Morgan fingerprint density at radius 1 is 0.202 bits per heavy atom. The summed E-state index contributed by atoms with van der Waals surface area (Å²) in [5, 5.41) is 11.1. The molecule has 104 heavy (non-hydrogen) atoms. The van der Waals surface area contributed by atoms with Crippen LogP contribution in [-0.4, -0.2) is 287 Å². The molecule has 0 aliphatic carbocycles. The maximum absolute atomic E-state index is 13.6. The molecule has 1 N–H and O–H groups in total. The van der Waals surface area contributed by atoms with Gasteiger partial charge in [0.2, 0.25) is 0 Å². The molecule has 0 saturated carbocycles. The first-order valence-corrected chi connectivity index (χ1v) is 31.8. The largest absolute Gasteiger partial charge is 0.463 e. The smallest absolute Gasteiger partial charge is 0.303 e. The van der Waals surface area contributed by atoms with Gasteiger partial charge >= 0.3 is 95.5 Å². The van der Waals surface area contributed by atoms with Gasteiger partial charge in [-0.15, -0.1) is 0 Å². The van der Waals surface area contributed by atoms with E-state index in [1.807, 2.05) is 0 Å². The van der Waals surface area contributed by atoms with Gasteiger partial charge in [-0.25, -0.2) is 0 Å². The van der Waals surface area contributed by atoms with E-state index >= 15 is 0 Å². The molecular weight excluding hydrogens is 1420 g/mol. The SMILES string of the molecule is CC(=O)OC[C@H]1O[C@@H](O[C@H]2[C@H](OC(C)=O)[C@@H](OC(C)=O)[C@@H](O[C@H]3[C@H](OC(C)=O)[C@@H](OC(C)=O)[C@@H](O[C@H]4[C@H](OC(C)=O)[C@@H](OC(C)=O)[C@@H](O[C@H]5[C@H](OC(C)=O)[C@@H](OC(C)=O)C(O)O[C@@H]5COC(C)=O)O[C@@H]4COC(C)=O)O[C@@H]3COC(C)=O)O[C@@H]2COC(C)=O)[C@H](OC(C)=O)[C@H](OC(C)=O)[C@H]1OC(C)=O. The van der Waals surface area contributed by atoms with E-state index in [-0.39, 0.29) is 0 Å². The lowest BCUT2D eigenvalue weighted by Crippen LogP contribution is -2.70. The molecule has 42 nitrogen and oxygen atoms in total. The summed E-state index contributed by atoms with van der Waals surface area (Å²) < 4.78 is 146. The predicted molar refractivity (Wildman–Crippen MR) is 319 cm³/mol. The Bertz CT molecular complexity index is 3110. The van der Waals surface area contributed by atoms with Gasteiger partial charge in [-0.1, -0.05) is 0 Å². The van der Waals surface area contributed by atoms with Gasteiger partial charge < -0.3 is 124 Å². The number of carbonyl (C=O) groups is 16. The van der Waals surface area contributed by atoms with Crippen molar-refractivity contribution in [1.82, 2.24) is 0 Å². The highest BCUT2D eigenvalue weighted by Gasteiger charge is 2.63. The molecule has 0 aromatic heterocycles. The number of carbonyl (C=O) groups excluding carboxylic acids is 16. The van der Waals surface area contributed by atoms with Crippen LogP contribution in [-0.2, 0) is 195 Å². The lowest BCUT2D eigenvalue weighted by atomic mass is 9.94. The second-order valence-corrected chi connectivity index (χ2v) is 23.5. The highest BCUT2D eigenvalue weighted by molar-refractivity contribution is 5.72. The monoisotopic (exact) mass is 1500 g/mol. The first-order valence-electron chi connectivity index (χ1n) is 31.8. The molecule has 584 valence electrons. The van der Waals surface area contributed by atoms with Gasteiger partial charge in [0.05, 0.1) is 0 Å². The fourth-order valence-corrected chi connectivity index (χ4v) is 11.3. The molecule has 5 aliphatic heterocycles. The maximum atomic E-state index is 13.6. The van der Waals surface area contributed by atoms with Crippen molar-refractivity contribution in [1.29, 1.82) is 0 Å². The van der Waals surface area contributed by atoms with Crippen LogP contribution in [0.4, 0.5) is 0 Å². The van der Waals surface area contributed by atoms with Gasteiger partial charge in [-0.05, 0) is 0 Å². The molecule has 42 heteroatoms. The number of aliphatic hydroxyl groups is 1. The summed E-state index contributed by atoms with van der Waals surface area (Å²) in [5.41, 5.74) is 0. The topological polar surface area (TPSA) is 524 Å². The van der Waals surface area contributed by atoms with Crippen molar-refractivity contribution in [3.8, 4) is 0 Å². The van der Waals surface area contributed by atoms with Crippen molar-refractivity contribution in [3.05, 3.63) is 0 Å². The highest BCUT2D eigenvalue weighted by Crippen LogP contribution is 2.41. The van der Waals surface area contributed by atoms with E-state index in [2.05, 4.69) is 0 Å². The predicted octanol–water partition coefficient (Wildman–Crippen LogP) is -2.79. The van der Waals surface area contributed by atoms with Crippen molar-refractivity contribution in [2.24, 2.45) is 0 Å². The molecule has 0 amide bonds. The van der Waals surface area contributed by atoms with E-state index in [1.165, 1.54) is 0 Å². The van der Waals surface area contributed by atoms with Crippen LogP contribution in [0.5, 0.6) is 0 Å². The Labute approximate surface area is 591 Å². The third kappa shape index (κ3) is 25.5. The van der Waals surface area contributed by atoms with Crippen molar-refractivity contribution in [2.45, 2.75) is 264 Å². The third-order valence-electron chi connectivity index (χ3n) is 14.7. The van der Waals surface area contributed by atoms with E-state index in [0.29, 0.717) is 0 Å². The molecular formula is C62H84O42. The molecule has 25 atom stereocenters. The zero-order valence-electron chi connectivity index (χ0n) is 59.2. The fourth-order valence-electron chi connectivity index (χ4n) is 11.3. The normalized spacial score (nSPS) is 33.0. The number of hydrogen-bond donors (Lipinski definition) is 1. The minimum absolute atomic E-state index is 0.787. The fraction of sp³-hybridized carbons (Fsp3) is 0.742. The molecule has 0 spiro atoms. The van der Waals surface area contributed by atoms with Gasteiger partial charge in [-0.3, -0.25) is 76.7 Å². The van der Waals surface area contributed by atoms with Crippen molar-refractivity contribution in [2.75, 3.05) is 33.0 Å². The van der Waals surface area contributed by atoms with Crippen LogP contribution in [0.2, 0.25) is 0 Å². The summed E-state index contributed by atoms with van der Waals surface area (Å²) >= 11 is 0. The van der Waals surface area contributed by atoms with E-state index in [1.54, 1.807) is 0 Å². The molecule has 0 radical (unpaired) electrons. The Kier molecular flexibility index (Phi) is 32.4. The summed E-state index contributed by atoms with van der Waals surface area (Å²) in [4.78, 5) is 207. The summed E-state index contributed by atoms with van der Waals surface area (Å²) in [7, 11) is 0. The van der Waals surface area contributed by atoms with Gasteiger partial charge in [0.1, 0.15) is 88.0 Å². The third-order valence-corrected chi connectivity index (χ3v) is 14.7. The molecule has 5 aliphatic rings. The average molecular weight is 1500 g/mol. The molecule has 5 saturated heterocycles. The molecule has 1 unspecified atom stereocenters. The summed E-state index contributed by atoms with van der Waals surface area (Å²) in [5.74, 6) is -17.5. The van der Waals surface area contributed by atoms with Gasteiger partial charge in [0.15, 0.2) is 98.6 Å². The molecule has 0 aromatic carbocycles. The first kappa shape index (κ1) is 85.8. The lowest BCUT2D eigenvalue weighted by molar-refractivity contribution is -0.393. The van der Waals surface area contributed by atoms with Crippen LogP contribution >= 0.6 is 0 Å². The maximum Gasteiger partial charge on any atom is 0.303 e. The van der Waals surface area contributed by atoms with Crippen LogP contribution in [0.1, 0.15) is 111 Å². The van der Waals surface area contributed by atoms with Crippen LogP contribution in [0.3, 0.4) is 0 Å². The zero-order valence-corrected chi connectivity index (χ0v) is 59.2. The van der Waals surface area contributed by atoms with Crippen molar-refractivity contribution >= 4 is 95.5 Å². The van der Waals surface area contributed by atoms with Crippen LogP contribution < -0.4 is 0 Å². The molecule has 5 fully saturated rings. The zero-order chi connectivity index (χ0) is 77.9. The van der Waals surface area contributed by atoms with E-state index in [9.17, 15) is 81.8 Å². The molecule has 5 rings (SSSR count). The minimum Gasteiger partial charge on any atom is -0.463 e. The molecule has 0 aromatic rings. The number of aliphatic hydroxyl groups excluding tert-OH is 1. The van der Waals surface area contributed by atoms with Crippen LogP contribution in [0.25, 0.3) is 0 Å². The number of ether oxygens (including phenoxy) is 25. The number of rotatable bonds is 29. The Balaban J connectivity index is 1.73. The average Bonchev–Trinajstić information content (AvgIpc) is 0.761. The van der Waals surface area contributed by atoms with Gasteiger partial charge in [0, 0.05) is 111 Å². The highest BCUT2D eigenvalue weighted by atomic mass is 16.8. The van der Waals surface area contributed by atoms with Crippen molar-refractivity contribution < 1.29 is 200 Å². The van der Waals surface area contributed by atoms with Crippen LogP contribution in [0, 0.1) is 0 Å². The Morgan fingerprint density at radius 2 is 0.356 bits per heavy atom. The second-order valence-electron chi connectivity index (χ2n) is 23.5. The van der Waals surface area contributed by atoms with Gasteiger partial charge in [-0.2, -0.15) is 0 Å². The standard InChI is InChI=1S/C62H84O42/c1-22(63)80-17-38-44(48(86-28(7)69)53(58(79)96-38)91-33(12)74)101-60-55(93-35(14)76)50(88-30(9)71)46(40(98-60)19-82-24(3)65)103-62-57(95-37(16)78)52(90-32(11)73)47(42(100-62)21-84-26(5)67)104-61-56(94-36(15)77)51(89-31(10)72)45(41(99-61)20-83-25(4)66)102-59-54(92-34(13)75)49(87-29(8)70)43(85-27(6)68)39(97-59)18-81-23(2)64/h38-62,79H,17-21H2,1-16H3/t38-,39-,40-,41-,42-,43+,44-,45-,46-,47-,48+,49-,50+,51+,52+,53-,54-,55-,56-,57-,58?,59+,60-,61-,62-/m1/s1. The molecule has 0 bridgehead atoms. The number of esters is 16. The second kappa shape index (κ2) is 39.3. The molecule has 5 heterocycles. The number of hydrogen-bond acceptors (Lipinski definition) is 42. The van der Waals surface area contributed by atoms with E-state index in [4.69, 9.17) is 118 Å². The Hall–Kier alpha value is -8.88.